The zero-order valence-corrected chi connectivity index (χ0v) is 7.60. The molecular formula is C8H11I. The van der Waals surface area contributed by atoms with E-state index in [1.807, 2.05) is 0 Å². The molecule has 0 nitrogen and oxygen atoms in total. The number of halogens is 1. The topological polar surface area (TPSA) is 0 Å². The molecule has 2 unspecified atom stereocenters. The number of fused-ring (bicyclic) bond motifs is 1. The summed E-state index contributed by atoms with van der Waals surface area (Å²) in [5.41, 5.74) is 0. The van der Waals surface area contributed by atoms with E-state index in [0.29, 0.717) is 0 Å². The maximum Gasteiger partial charge on any atom is 0.0281 e. The van der Waals surface area contributed by atoms with Crippen molar-refractivity contribution in [2.75, 3.05) is 0 Å². The zero-order chi connectivity index (χ0) is 6.06. The Kier molecular flexibility index (Phi) is 0.802. The Hall–Kier alpha value is 0.730. The summed E-state index contributed by atoms with van der Waals surface area (Å²) in [5.74, 6) is 3.47. The lowest BCUT2D eigenvalue weighted by Crippen LogP contribution is -2.46. The molecule has 0 aromatic rings. The van der Waals surface area contributed by atoms with E-state index in [1.54, 1.807) is 25.7 Å². The molecule has 0 saturated heterocycles. The van der Waals surface area contributed by atoms with Crippen LogP contribution in [0.25, 0.3) is 0 Å². The van der Waals surface area contributed by atoms with Gasteiger partial charge in [0, 0.05) is 3.42 Å². The van der Waals surface area contributed by atoms with Crippen molar-refractivity contribution in [1.29, 1.82) is 0 Å². The third-order valence-electron chi connectivity index (χ3n) is 3.76. The Balaban J connectivity index is 2.07. The van der Waals surface area contributed by atoms with Gasteiger partial charge in [0.1, 0.15) is 0 Å². The Morgan fingerprint density at radius 3 is 2.00 bits per heavy atom. The highest BCUT2D eigenvalue weighted by Crippen LogP contribution is 2.70. The van der Waals surface area contributed by atoms with E-state index in [4.69, 9.17) is 0 Å². The highest BCUT2D eigenvalue weighted by atomic mass is 127. The van der Waals surface area contributed by atoms with Crippen LogP contribution in [0, 0.1) is 17.8 Å². The van der Waals surface area contributed by atoms with E-state index in [1.165, 1.54) is 0 Å². The summed E-state index contributed by atoms with van der Waals surface area (Å²) in [6, 6.07) is 0. The molecule has 3 fully saturated rings. The first-order chi connectivity index (χ1) is 4.29. The quantitative estimate of drug-likeness (QED) is 0.446. The molecule has 50 valence electrons. The van der Waals surface area contributed by atoms with Crippen molar-refractivity contribution in [3.05, 3.63) is 0 Å². The molecule has 0 amide bonds. The lowest BCUT2D eigenvalue weighted by atomic mass is 9.64. The van der Waals surface area contributed by atoms with Crippen molar-refractivity contribution in [3.8, 4) is 0 Å². The summed E-state index contributed by atoms with van der Waals surface area (Å²) in [6.45, 7) is 0. The number of alkyl halides is 1. The summed E-state index contributed by atoms with van der Waals surface area (Å²) in [7, 11) is 0. The van der Waals surface area contributed by atoms with Crippen LogP contribution in [-0.4, -0.2) is 3.42 Å². The van der Waals surface area contributed by atoms with Gasteiger partial charge in [-0.3, -0.25) is 0 Å². The van der Waals surface area contributed by atoms with E-state index < -0.39 is 0 Å². The fourth-order valence-electron chi connectivity index (χ4n) is 3.34. The molecule has 3 saturated carbocycles. The van der Waals surface area contributed by atoms with Gasteiger partial charge in [0.05, 0.1) is 0 Å². The van der Waals surface area contributed by atoms with E-state index in [2.05, 4.69) is 22.6 Å². The molecule has 9 heavy (non-hydrogen) atoms. The normalized spacial score (nSPS) is 68.3. The van der Waals surface area contributed by atoms with Crippen LogP contribution in [0.2, 0.25) is 0 Å². The molecular weight excluding hydrogens is 223 g/mol. The molecule has 1 heteroatoms. The standard InChI is InChI=1S/C8H11I/c9-8-4-5-1-6(8)3-7(8)2-5/h5-7H,1-4H2/t5?,6-,7+,8?. The second-order valence-electron chi connectivity index (χ2n) is 4.10. The third kappa shape index (κ3) is 0.447. The Morgan fingerprint density at radius 1 is 1.11 bits per heavy atom. The average molecular weight is 234 g/mol. The fraction of sp³-hybridized carbons (Fsp3) is 1.00. The minimum Gasteiger partial charge on any atom is -0.0783 e. The largest absolute Gasteiger partial charge is 0.0783 e. The lowest BCUT2D eigenvalue weighted by molar-refractivity contribution is 0.126. The molecule has 0 heterocycles. The van der Waals surface area contributed by atoms with Gasteiger partial charge in [0.15, 0.2) is 0 Å². The third-order valence-corrected chi connectivity index (χ3v) is 5.97. The molecule has 0 aliphatic heterocycles. The molecule has 0 aromatic heterocycles. The first kappa shape index (κ1) is 5.39. The van der Waals surface area contributed by atoms with Crippen LogP contribution in [0.15, 0.2) is 0 Å². The minimum absolute atomic E-state index is 0.836. The monoisotopic (exact) mass is 234 g/mol. The molecule has 3 aliphatic carbocycles. The van der Waals surface area contributed by atoms with Gasteiger partial charge in [0.25, 0.3) is 0 Å². The smallest absolute Gasteiger partial charge is 0.0281 e. The van der Waals surface area contributed by atoms with Crippen LogP contribution in [-0.2, 0) is 0 Å². The predicted molar refractivity (Wildman–Crippen MR) is 45.7 cm³/mol. The van der Waals surface area contributed by atoms with Crippen LogP contribution in [0.3, 0.4) is 0 Å². The molecule has 0 aromatic carbocycles. The second kappa shape index (κ2) is 1.34. The molecule has 0 radical (unpaired) electrons. The van der Waals surface area contributed by atoms with Gasteiger partial charge in [0.2, 0.25) is 0 Å². The van der Waals surface area contributed by atoms with Crippen molar-refractivity contribution in [2.24, 2.45) is 17.8 Å². The van der Waals surface area contributed by atoms with E-state index in [-0.39, 0.29) is 0 Å². The Bertz CT molecular complexity index is 152. The van der Waals surface area contributed by atoms with Gasteiger partial charge in [-0.1, -0.05) is 22.6 Å². The van der Waals surface area contributed by atoms with Crippen LogP contribution in [0.1, 0.15) is 25.7 Å². The number of hydrogen-bond donors (Lipinski definition) is 0. The van der Waals surface area contributed by atoms with Crippen LogP contribution < -0.4 is 0 Å². The van der Waals surface area contributed by atoms with E-state index in [0.717, 1.165) is 21.2 Å². The molecule has 4 atom stereocenters. The molecule has 3 aliphatic rings. The fourth-order valence-corrected chi connectivity index (χ4v) is 4.98. The molecule has 0 spiro atoms. The molecule has 0 N–H and O–H groups in total. The highest BCUT2D eigenvalue weighted by Gasteiger charge is 2.63. The van der Waals surface area contributed by atoms with Gasteiger partial charge in [-0.25, -0.2) is 0 Å². The number of hydrogen-bond acceptors (Lipinski definition) is 0. The predicted octanol–water partition coefficient (Wildman–Crippen LogP) is 2.61. The lowest BCUT2D eigenvalue weighted by Gasteiger charge is -2.49. The van der Waals surface area contributed by atoms with E-state index in [9.17, 15) is 0 Å². The summed E-state index contributed by atoms with van der Waals surface area (Å²) < 4.78 is 0.836. The minimum atomic E-state index is 0.836. The van der Waals surface area contributed by atoms with E-state index >= 15 is 0 Å². The van der Waals surface area contributed by atoms with Crippen molar-refractivity contribution >= 4 is 22.6 Å². The summed E-state index contributed by atoms with van der Waals surface area (Å²) in [4.78, 5) is 0. The molecule has 3 rings (SSSR count). The summed E-state index contributed by atoms with van der Waals surface area (Å²) in [5, 5.41) is 0. The number of rotatable bonds is 0. The Labute approximate surface area is 69.5 Å². The SMILES string of the molecule is IC12CC3C[C@@H]1C[C@@H]2C3. The van der Waals surface area contributed by atoms with Gasteiger partial charge in [-0.05, 0) is 43.4 Å². The van der Waals surface area contributed by atoms with Crippen molar-refractivity contribution in [2.45, 2.75) is 29.1 Å². The van der Waals surface area contributed by atoms with Gasteiger partial charge >= 0.3 is 0 Å². The van der Waals surface area contributed by atoms with Crippen molar-refractivity contribution in [1.82, 2.24) is 0 Å². The van der Waals surface area contributed by atoms with Crippen LogP contribution >= 0.6 is 22.6 Å². The maximum absolute atomic E-state index is 2.75. The summed E-state index contributed by atoms with van der Waals surface area (Å²) >= 11 is 2.75. The highest BCUT2D eigenvalue weighted by molar-refractivity contribution is 14.1. The van der Waals surface area contributed by atoms with Crippen molar-refractivity contribution in [3.63, 3.8) is 0 Å². The Morgan fingerprint density at radius 2 is 1.78 bits per heavy atom. The zero-order valence-electron chi connectivity index (χ0n) is 5.44. The van der Waals surface area contributed by atoms with Crippen LogP contribution in [0.4, 0.5) is 0 Å². The second-order valence-corrected chi connectivity index (χ2v) is 6.11. The first-order valence-electron chi connectivity index (χ1n) is 3.98. The van der Waals surface area contributed by atoms with Gasteiger partial charge < -0.3 is 0 Å². The summed E-state index contributed by atoms with van der Waals surface area (Å²) in [6.07, 6.45) is 6.32. The average Bonchev–Trinajstić information content (AvgIpc) is 2.20. The van der Waals surface area contributed by atoms with Crippen LogP contribution in [0.5, 0.6) is 0 Å². The first-order valence-corrected chi connectivity index (χ1v) is 5.06. The van der Waals surface area contributed by atoms with Gasteiger partial charge in [-0.15, -0.1) is 0 Å². The van der Waals surface area contributed by atoms with Crippen molar-refractivity contribution < 1.29 is 0 Å². The maximum atomic E-state index is 2.75. The van der Waals surface area contributed by atoms with Gasteiger partial charge in [-0.2, -0.15) is 0 Å². The molecule has 2 bridgehead atoms.